The summed E-state index contributed by atoms with van der Waals surface area (Å²) < 4.78 is 6.38. The van der Waals surface area contributed by atoms with Gasteiger partial charge in [0.2, 0.25) is 11.7 Å². The molecule has 0 radical (unpaired) electrons. The molecule has 2 aromatic rings. The molecule has 2 N–H and O–H groups in total. The van der Waals surface area contributed by atoms with Crippen molar-refractivity contribution in [1.82, 2.24) is 10.1 Å². The first kappa shape index (κ1) is 15.7. The number of halogens is 1. The number of thiophene rings is 1. The Kier molecular flexibility index (Phi) is 5.74. The Labute approximate surface area is 131 Å². The third kappa shape index (κ3) is 4.14. The summed E-state index contributed by atoms with van der Waals surface area (Å²) >= 11 is 5.04. The Morgan fingerprint density at radius 3 is 2.80 bits per heavy atom. The lowest BCUT2D eigenvalue weighted by Gasteiger charge is -2.18. The van der Waals surface area contributed by atoms with Gasteiger partial charge in [-0.3, -0.25) is 0 Å². The summed E-state index contributed by atoms with van der Waals surface area (Å²) in [6.07, 6.45) is 2.92. The smallest absolute Gasteiger partial charge is 0.226 e. The molecule has 0 spiro atoms. The molecule has 4 nitrogen and oxygen atoms in total. The monoisotopic (exact) mass is 357 g/mol. The van der Waals surface area contributed by atoms with Crippen LogP contribution in [0.3, 0.4) is 0 Å². The minimum Gasteiger partial charge on any atom is -0.339 e. The molecule has 1 atom stereocenters. The zero-order valence-electron chi connectivity index (χ0n) is 11.8. The Bertz CT molecular complexity index is 538. The molecule has 0 aliphatic heterocycles. The second-order valence-corrected chi connectivity index (χ2v) is 7.09. The van der Waals surface area contributed by atoms with Crippen molar-refractivity contribution in [3.05, 3.63) is 21.8 Å². The highest BCUT2D eigenvalue weighted by molar-refractivity contribution is 9.10. The van der Waals surface area contributed by atoms with Crippen LogP contribution in [0.2, 0.25) is 0 Å². The van der Waals surface area contributed by atoms with E-state index in [0.717, 1.165) is 35.2 Å². The van der Waals surface area contributed by atoms with E-state index in [4.69, 9.17) is 10.3 Å². The molecule has 0 saturated heterocycles. The molecule has 0 aromatic carbocycles. The first-order chi connectivity index (χ1) is 9.60. The van der Waals surface area contributed by atoms with Gasteiger partial charge in [-0.1, -0.05) is 19.0 Å². The first-order valence-electron chi connectivity index (χ1n) is 6.87. The molecule has 0 fully saturated rings. The van der Waals surface area contributed by atoms with Crippen LogP contribution >= 0.6 is 27.3 Å². The average molecular weight is 358 g/mol. The normalized spacial score (nSPS) is 13.1. The molecule has 6 heteroatoms. The van der Waals surface area contributed by atoms with Gasteiger partial charge in [0.25, 0.3) is 0 Å². The highest BCUT2D eigenvalue weighted by Crippen LogP contribution is 2.28. The largest absolute Gasteiger partial charge is 0.339 e. The van der Waals surface area contributed by atoms with E-state index in [9.17, 15) is 0 Å². The second-order valence-electron chi connectivity index (χ2n) is 5.26. The molecular formula is C14H20BrN3OS. The van der Waals surface area contributed by atoms with Crippen molar-refractivity contribution in [3.8, 4) is 10.7 Å². The summed E-state index contributed by atoms with van der Waals surface area (Å²) in [6, 6.07) is 2.00. The van der Waals surface area contributed by atoms with Crippen molar-refractivity contribution >= 4 is 27.3 Å². The molecule has 0 amide bonds. The van der Waals surface area contributed by atoms with Gasteiger partial charge in [0.1, 0.15) is 0 Å². The highest BCUT2D eigenvalue weighted by Gasteiger charge is 2.16. The van der Waals surface area contributed by atoms with Gasteiger partial charge in [-0.05, 0) is 53.2 Å². The second kappa shape index (κ2) is 7.33. The molecule has 2 aromatic heterocycles. The number of aryl methyl sites for hydroxylation is 1. The van der Waals surface area contributed by atoms with Crippen LogP contribution < -0.4 is 5.73 Å². The molecular weight excluding hydrogens is 338 g/mol. The summed E-state index contributed by atoms with van der Waals surface area (Å²) in [5.74, 6) is 2.64. The average Bonchev–Trinajstić information content (AvgIpc) is 3.02. The molecule has 0 aliphatic carbocycles. The summed E-state index contributed by atoms with van der Waals surface area (Å²) in [4.78, 5) is 5.49. The fourth-order valence-electron chi connectivity index (χ4n) is 2.22. The van der Waals surface area contributed by atoms with Crippen LogP contribution in [0.5, 0.6) is 0 Å². The SMILES string of the molecule is CC(C)C(CCN)CCc1nc(-c2cc(Br)cs2)no1. The predicted molar refractivity (Wildman–Crippen MR) is 85.6 cm³/mol. The fourth-order valence-corrected chi connectivity index (χ4v) is 3.57. The van der Waals surface area contributed by atoms with Crippen LogP contribution in [0.15, 0.2) is 20.4 Å². The van der Waals surface area contributed by atoms with Crippen molar-refractivity contribution in [1.29, 1.82) is 0 Å². The van der Waals surface area contributed by atoms with Gasteiger partial charge in [0, 0.05) is 16.3 Å². The van der Waals surface area contributed by atoms with Crippen molar-refractivity contribution in [3.63, 3.8) is 0 Å². The topological polar surface area (TPSA) is 64.9 Å². The number of aromatic nitrogens is 2. The van der Waals surface area contributed by atoms with Crippen molar-refractivity contribution in [2.45, 2.75) is 33.1 Å². The Morgan fingerprint density at radius 1 is 1.40 bits per heavy atom. The predicted octanol–water partition coefficient (Wildman–Crippen LogP) is 4.11. The number of nitrogens with two attached hydrogens (primary N) is 1. The lowest BCUT2D eigenvalue weighted by Crippen LogP contribution is -2.15. The van der Waals surface area contributed by atoms with Crippen molar-refractivity contribution in [2.24, 2.45) is 17.6 Å². The molecule has 20 heavy (non-hydrogen) atoms. The summed E-state index contributed by atoms with van der Waals surface area (Å²) in [5.41, 5.74) is 5.66. The fraction of sp³-hybridized carbons (Fsp3) is 0.571. The third-order valence-electron chi connectivity index (χ3n) is 3.47. The van der Waals surface area contributed by atoms with Crippen LogP contribution in [-0.4, -0.2) is 16.7 Å². The van der Waals surface area contributed by atoms with Crippen molar-refractivity contribution in [2.75, 3.05) is 6.54 Å². The molecule has 2 heterocycles. The van der Waals surface area contributed by atoms with Gasteiger partial charge in [0.15, 0.2) is 0 Å². The van der Waals surface area contributed by atoms with E-state index in [0.29, 0.717) is 23.6 Å². The van der Waals surface area contributed by atoms with E-state index in [1.807, 2.05) is 11.4 Å². The van der Waals surface area contributed by atoms with Gasteiger partial charge in [0.05, 0.1) is 4.88 Å². The maximum absolute atomic E-state index is 5.66. The first-order valence-corrected chi connectivity index (χ1v) is 8.54. The van der Waals surface area contributed by atoms with E-state index in [1.165, 1.54) is 0 Å². The Hall–Kier alpha value is -0.720. The van der Waals surface area contributed by atoms with Crippen LogP contribution in [0.4, 0.5) is 0 Å². The Morgan fingerprint density at radius 2 is 2.20 bits per heavy atom. The lowest BCUT2D eigenvalue weighted by atomic mass is 9.88. The minimum atomic E-state index is 0.617. The van der Waals surface area contributed by atoms with E-state index in [2.05, 4.69) is 39.9 Å². The molecule has 0 saturated carbocycles. The molecule has 110 valence electrons. The third-order valence-corrected chi connectivity index (χ3v) is 5.15. The molecule has 2 rings (SSSR count). The van der Waals surface area contributed by atoms with E-state index >= 15 is 0 Å². The van der Waals surface area contributed by atoms with Crippen LogP contribution in [-0.2, 0) is 6.42 Å². The van der Waals surface area contributed by atoms with E-state index in [-0.39, 0.29) is 0 Å². The minimum absolute atomic E-state index is 0.617. The van der Waals surface area contributed by atoms with Gasteiger partial charge in [-0.25, -0.2) is 0 Å². The zero-order valence-corrected chi connectivity index (χ0v) is 14.2. The lowest BCUT2D eigenvalue weighted by molar-refractivity contribution is 0.313. The number of rotatable bonds is 7. The highest BCUT2D eigenvalue weighted by atomic mass is 79.9. The number of hydrogen-bond acceptors (Lipinski definition) is 5. The van der Waals surface area contributed by atoms with Gasteiger partial charge in [-0.15, -0.1) is 11.3 Å². The standard InChI is InChI=1S/C14H20BrN3OS/c1-9(2)10(5-6-16)3-4-13-17-14(18-19-13)12-7-11(15)8-20-12/h7-10H,3-6,16H2,1-2H3. The van der Waals surface area contributed by atoms with Gasteiger partial charge < -0.3 is 10.3 Å². The van der Waals surface area contributed by atoms with Gasteiger partial charge >= 0.3 is 0 Å². The van der Waals surface area contributed by atoms with E-state index < -0.39 is 0 Å². The zero-order chi connectivity index (χ0) is 14.5. The van der Waals surface area contributed by atoms with Crippen LogP contribution in [0, 0.1) is 11.8 Å². The molecule has 0 aliphatic rings. The van der Waals surface area contributed by atoms with Crippen LogP contribution in [0.1, 0.15) is 32.6 Å². The number of hydrogen-bond donors (Lipinski definition) is 1. The van der Waals surface area contributed by atoms with Gasteiger partial charge in [-0.2, -0.15) is 4.98 Å². The Balaban J connectivity index is 1.96. The number of nitrogens with zero attached hydrogens (tertiary/aromatic N) is 2. The summed E-state index contributed by atoms with van der Waals surface area (Å²) in [6.45, 7) is 5.21. The molecule has 0 bridgehead atoms. The van der Waals surface area contributed by atoms with E-state index in [1.54, 1.807) is 11.3 Å². The van der Waals surface area contributed by atoms with Crippen LogP contribution in [0.25, 0.3) is 10.7 Å². The summed E-state index contributed by atoms with van der Waals surface area (Å²) in [7, 11) is 0. The maximum atomic E-state index is 5.66. The molecule has 1 unspecified atom stereocenters. The summed E-state index contributed by atoms with van der Waals surface area (Å²) in [5, 5.41) is 6.06. The maximum Gasteiger partial charge on any atom is 0.226 e. The quantitative estimate of drug-likeness (QED) is 0.809. The van der Waals surface area contributed by atoms with Crippen molar-refractivity contribution < 1.29 is 4.52 Å².